The second-order valence-electron chi connectivity index (χ2n) is 5.90. The van der Waals surface area contributed by atoms with Crippen LogP contribution in [0.1, 0.15) is 47.0 Å². The molecule has 0 aliphatic heterocycles. The van der Waals surface area contributed by atoms with E-state index in [0.29, 0.717) is 17.2 Å². The Labute approximate surface area is 87.5 Å². The number of rotatable bonds is 3. The molecule has 2 nitrogen and oxygen atoms in total. The average Bonchev–Trinajstić information content (AvgIpc) is 2.18. The first-order chi connectivity index (χ1) is 6.29. The van der Waals surface area contributed by atoms with Crippen LogP contribution in [-0.4, -0.2) is 18.9 Å². The van der Waals surface area contributed by atoms with E-state index in [9.17, 15) is 4.79 Å². The van der Waals surface area contributed by atoms with Crippen molar-refractivity contribution in [1.82, 2.24) is 5.32 Å². The predicted octanol–water partition coefficient (Wildman–Crippen LogP) is 2.38. The van der Waals surface area contributed by atoms with Crippen LogP contribution in [0.25, 0.3) is 0 Å². The van der Waals surface area contributed by atoms with Gasteiger partial charge in [0.15, 0.2) is 0 Å². The maximum atomic E-state index is 11.2. The average molecular weight is 197 g/mol. The summed E-state index contributed by atoms with van der Waals surface area (Å²) >= 11 is 0. The first-order valence-electron chi connectivity index (χ1n) is 5.46. The van der Waals surface area contributed by atoms with E-state index in [1.807, 2.05) is 7.05 Å². The molecule has 1 saturated carbocycles. The molecule has 1 aliphatic carbocycles. The Kier molecular flexibility index (Phi) is 3.05. The highest BCUT2D eigenvalue weighted by Crippen LogP contribution is 2.50. The summed E-state index contributed by atoms with van der Waals surface area (Å²) in [4.78, 5) is 11.2. The third kappa shape index (κ3) is 2.35. The van der Waals surface area contributed by atoms with Crippen molar-refractivity contribution in [3.8, 4) is 0 Å². The third-order valence-corrected chi connectivity index (χ3v) is 3.55. The fraction of sp³-hybridized carbons (Fsp3) is 0.917. The van der Waals surface area contributed by atoms with Crippen LogP contribution in [0.15, 0.2) is 0 Å². The monoisotopic (exact) mass is 197 g/mol. The van der Waals surface area contributed by atoms with Gasteiger partial charge < -0.3 is 10.1 Å². The summed E-state index contributed by atoms with van der Waals surface area (Å²) in [6.07, 6.45) is 3.00. The molecular formula is C12H23NO. The molecule has 1 rings (SSSR count). The van der Waals surface area contributed by atoms with Crippen LogP contribution in [0.4, 0.5) is 0 Å². The molecule has 1 aliphatic rings. The fourth-order valence-corrected chi connectivity index (χ4v) is 3.29. The van der Waals surface area contributed by atoms with Crippen LogP contribution in [0.2, 0.25) is 0 Å². The molecule has 2 atom stereocenters. The van der Waals surface area contributed by atoms with E-state index in [1.165, 1.54) is 0 Å². The van der Waals surface area contributed by atoms with Crippen molar-refractivity contribution in [2.24, 2.45) is 10.8 Å². The Balaban J connectivity index is 2.73. The van der Waals surface area contributed by atoms with Crippen molar-refractivity contribution in [3.63, 3.8) is 0 Å². The van der Waals surface area contributed by atoms with Gasteiger partial charge in [0.2, 0.25) is 0 Å². The first-order valence-corrected chi connectivity index (χ1v) is 5.46. The Hall–Kier alpha value is -0.370. The molecule has 0 aromatic rings. The lowest BCUT2D eigenvalue weighted by molar-refractivity contribution is -0.119. The summed E-state index contributed by atoms with van der Waals surface area (Å²) in [5, 5.41) is 3.37. The van der Waals surface area contributed by atoms with E-state index < -0.39 is 0 Å². The number of carbonyl (C=O) groups excluding carboxylic acids is 1. The van der Waals surface area contributed by atoms with Crippen LogP contribution < -0.4 is 5.32 Å². The maximum absolute atomic E-state index is 11.2. The van der Waals surface area contributed by atoms with Gasteiger partial charge in [0.05, 0.1) is 0 Å². The minimum absolute atomic E-state index is 0.211. The zero-order chi connectivity index (χ0) is 11.0. The van der Waals surface area contributed by atoms with Gasteiger partial charge in [-0.15, -0.1) is 0 Å². The molecule has 1 N–H and O–H groups in total. The predicted molar refractivity (Wildman–Crippen MR) is 59.3 cm³/mol. The topological polar surface area (TPSA) is 29.1 Å². The Morgan fingerprint density at radius 1 is 1.43 bits per heavy atom. The smallest absolute Gasteiger partial charge is 0.130 e. The van der Waals surface area contributed by atoms with Crippen LogP contribution in [0.5, 0.6) is 0 Å². The van der Waals surface area contributed by atoms with Gasteiger partial charge in [-0.2, -0.15) is 0 Å². The summed E-state index contributed by atoms with van der Waals surface area (Å²) in [6.45, 7) is 8.53. The Morgan fingerprint density at radius 2 is 2.00 bits per heavy atom. The Morgan fingerprint density at radius 3 is 2.36 bits per heavy atom. The molecule has 82 valence electrons. The third-order valence-electron chi connectivity index (χ3n) is 3.55. The first kappa shape index (κ1) is 11.7. The van der Waals surface area contributed by atoms with Crippen molar-refractivity contribution in [2.45, 2.75) is 53.0 Å². The quantitative estimate of drug-likeness (QED) is 0.752. The lowest BCUT2D eigenvalue weighted by Gasteiger charge is -2.26. The summed E-state index contributed by atoms with van der Waals surface area (Å²) in [6, 6.07) is 0.548. The lowest BCUT2D eigenvalue weighted by Crippen LogP contribution is -2.34. The minimum atomic E-state index is 0.211. The number of hydrogen-bond donors (Lipinski definition) is 1. The minimum Gasteiger partial charge on any atom is -0.316 e. The van der Waals surface area contributed by atoms with E-state index in [2.05, 4.69) is 26.1 Å². The summed E-state index contributed by atoms with van der Waals surface area (Å²) < 4.78 is 0. The van der Waals surface area contributed by atoms with Crippen molar-refractivity contribution < 1.29 is 4.79 Å². The molecule has 14 heavy (non-hydrogen) atoms. The molecule has 0 aromatic carbocycles. The molecule has 1 fully saturated rings. The normalized spacial score (nSPS) is 35.9. The van der Waals surface area contributed by atoms with Gasteiger partial charge in [0, 0.05) is 12.5 Å². The highest BCUT2D eigenvalue weighted by Gasteiger charge is 2.46. The summed E-state index contributed by atoms with van der Waals surface area (Å²) in [7, 11) is 2.02. The second kappa shape index (κ2) is 3.65. The lowest BCUT2D eigenvalue weighted by atomic mass is 9.79. The fourth-order valence-electron chi connectivity index (χ4n) is 3.29. The van der Waals surface area contributed by atoms with Crippen molar-refractivity contribution in [1.29, 1.82) is 0 Å². The molecule has 2 heteroatoms. The number of carbonyl (C=O) groups is 1. The zero-order valence-corrected chi connectivity index (χ0v) is 10.1. The Bertz CT molecular complexity index is 234. The van der Waals surface area contributed by atoms with Crippen LogP contribution in [0.3, 0.4) is 0 Å². The maximum Gasteiger partial charge on any atom is 0.130 e. The van der Waals surface area contributed by atoms with E-state index in [0.717, 1.165) is 19.3 Å². The van der Waals surface area contributed by atoms with Gasteiger partial charge in [-0.3, -0.25) is 0 Å². The molecular weight excluding hydrogens is 174 g/mol. The molecule has 0 amide bonds. The van der Waals surface area contributed by atoms with Crippen molar-refractivity contribution >= 4 is 5.78 Å². The molecule has 0 saturated heterocycles. The number of Topliss-reactive ketones (excluding diaryl/α,β-unsaturated/α-hetero) is 1. The van der Waals surface area contributed by atoms with Gasteiger partial charge in [0.25, 0.3) is 0 Å². The van der Waals surface area contributed by atoms with Crippen LogP contribution in [0, 0.1) is 10.8 Å². The van der Waals surface area contributed by atoms with Crippen LogP contribution in [-0.2, 0) is 4.79 Å². The van der Waals surface area contributed by atoms with Gasteiger partial charge in [0.1, 0.15) is 5.78 Å². The zero-order valence-electron chi connectivity index (χ0n) is 10.1. The van der Waals surface area contributed by atoms with E-state index in [-0.39, 0.29) is 5.41 Å². The van der Waals surface area contributed by atoms with Gasteiger partial charge in [-0.1, -0.05) is 20.8 Å². The van der Waals surface area contributed by atoms with E-state index >= 15 is 0 Å². The molecule has 0 aromatic heterocycles. The second-order valence-corrected chi connectivity index (χ2v) is 5.90. The van der Waals surface area contributed by atoms with Gasteiger partial charge >= 0.3 is 0 Å². The van der Waals surface area contributed by atoms with E-state index in [4.69, 9.17) is 0 Å². The van der Waals surface area contributed by atoms with Gasteiger partial charge in [-0.25, -0.2) is 0 Å². The molecule has 0 bridgehead atoms. The summed E-state index contributed by atoms with van der Waals surface area (Å²) in [5.41, 5.74) is 0.530. The van der Waals surface area contributed by atoms with Crippen molar-refractivity contribution in [2.75, 3.05) is 7.05 Å². The van der Waals surface area contributed by atoms with Crippen LogP contribution >= 0.6 is 0 Å². The summed E-state index contributed by atoms with van der Waals surface area (Å²) in [5.74, 6) is 0.319. The SMILES string of the molecule is CNC1CC(C)(CC(C)=O)CC1(C)C. The van der Waals surface area contributed by atoms with Crippen molar-refractivity contribution in [3.05, 3.63) is 0 Å². The molecule has 2 unspecified atom stereocenters. The van der Waals surface area contributed by atoms with Gasteiger partial charge in [-0.05, 0) is 37.6 Å². The number of ketones is 1. The number of nitrogens with one attached hydrogen (secondary N) is 1. The molecule has 0 radical (unpaired) electrons. The standard InChI is InChI=1S/C12H23NO/c1-9(14)6-12(4)7-10(13-5)11(2,3)8-12/h10,13H,6-8H2,1-5H3. The molecule has 0 heterocycles. The molecule has 0 spiro atoms. The number of hydrogen-bond acceptors (Lipinski definition) is 2. The highest BCUT2D eigenvalue weighted by molar-refractivity contribution is 5.76. The van der Waals surface area contributed by atoms with E-state index in [1.54, 1.807) is 6.92 Å². The largest absolute Gasteiger partial charge is 0.316 e. The highest BCUT2D eigenvalue weighted by atomic mass is 16.1.